The Labute approximate surface area is 144 Å². The van der Waals surface area contributed by atoms with Crippen LogP contribution in [0, 0.1) is 13.8 Å². The first kappa shape index (κ1) is 17.9. The third kappa shape index (κ3) is 3.88. The molecular weight excluding hydrogens is 302 g/mol. The lowest BCUT2D eigenvalue weighted by molar-refractivity contribution is -0.117. The lowest BCUT2D eigenvalue weighted by atomic mass is 10.1. The maximum Gasteiger partial charge on any atom is 0.231 e. The highest BCUT2D eigenvalue weighted by Gasteiger charge is 2.17. The van der Waals surface area contributed by atoms with Crippen LogP contribution in [0.3, 0.4) is 0 Å². The monoisotopic (exact) mass is 327 g/mol. The zero-order valence-corrected chi connectivity index (χ0v) is 15.1. The van der Waals surface area contributed by atoms with Gasteiger partial charge in [0.1, 0.15) is 0 Å². The molecule has 4 heteroatoms. The van der Waals surface area contributed by atoms with Gasteiger partial charge in [0.25, 0.3) is 0 Å². The summed E-state index contributed by atoms with van der Waals surface area (Å²) < 4.78 is 10.6. The molecule has 0 aliphatic heterocycles. The van der Waals surface area contributed by atoms with E-state index >= 15 is 0 Å². The number of hydrogen-bond donors (Lipinski definition) is 0. The van der Waals surface area contributed by atoms with Gasteiger partial charge in [-0.25, -0.2) is 0 Å². The van der Waals surface area contributed by atoms with Crippen LogP contribution in [0.25, 0.3) is 0 Å². The first-order valence-electron chi connectivity index (χ1n) is 8.08. The summed E-state index contributed by atoms with van der Waals surface area (Å²) in [4.78, 5) is 14.6. The molecule has 0 bridgehead atoms. The molecule has 24 heavy (non-hydrogen) atoms. The number of carbonyl (C=O) groups is 1. The van der Waals surface area contributed by atoms with E-state index in [9.17, 15) is 4.79 Å². The molecule has 0 atom stereocenters. The largest absolute Gasteiger partial charge is 0.493 e. The third-order valence-electron chi connectivity index (χ3n) is 4.08. The number of methoxy groups -OCH3 is 2. The average molecular weight is 327 g/mol. The lowest BCUT2D eigenvalue weighted by Gasteiger charge is -2.24. The van der Waals surface area contributed by atoms with Crippen molar-refractivity contribution < 1.29 is 14.3 Å². The Morgan fingerprint density at radius 3 is 2.33 bits per heavy atom. The van der Waals surface area contributed by atoms with Gasteiger partial charge in [-0.3, -0.25) is 4.79 Å². The van der Waals surface area contributed by atoms with Crippen LogP contribution in [0.15, 0.2) is 36.4 Å². The summed E-state index contributed by atoms with van der Waals surface area (Å²) in [5.74, 6) is 1.37. The first-order valence-corrected chi connectivity index (χ1v) is 8.08. The highest BCUT2D eigenvalue weighted by atomic mass is 16.5. The Bertz CT molecular complexity index is 725. The number of ether oxygens (including phenoxy) is 2. The highest BCUT2D eigenvalue weighted by Crippen LogP contribution is 2.28. The maximum atomic E-state index is 12.8. The van der Waals surface area contributed by atoms with E-state index in [0.717, 1.165) is 22.4 Å². The summed E-state index contributed by atoms with van der Waals surface area (Å²) in [6.07, 6.45) is 0.321. The van der Waals surface area contributed by atoms with E-state index in [1.807, 2.05) is 43.9 Å². The molecule has 0 aliphatic rings. The lowest BCUT2D eigenvalue weighted by Crippen LogP contribution is -2.32. The van der Waals surface area contributed by atoms with Crippen molar-refractivity contribution in [2.45, 2.75) is 27.2 Å². The van der Waals surface area contributed by atoms with Crippen LogP contribution in [-0.4, -0.2) is 26.7 Å². The van der Waals surface area contributed by atoms with Crippen molar-refractivity contribution in [1.29, 1.82) is 0 Å². The minimum atomic E-state index is 0.0680. The molecule has 0 fully saturated rings. The van der Waals surface area contributed by atoms with Crippen LogP contribution in [0.4, 0.5) is 5.69 Å². The Hall–Kier alpha value is -2.49. The molecule has 128 valence electrons. The summed E-state index contributed by atoms with van der Waals surface area (Å²) >= 11 is 0. The van der Waals surface area contributed by atoms with Crippen LogP contribution in [0.1, 0.15) is 23.6 Å². The standard InChI is InChI=1S/C20H25NO3/c1-6-21(17-11-14(2)7-8-15(17)3)20(22)13-16-9-10-18(23-4)19(12-16)24-5/h7-12H,6,13H2,1-5H3. The van der Waals surface area contributed by atoms with Crippen LogP contribution in [-0.2, 0) is 11.2 Å². The number of carbonyl (C=O) groups excluding carboxylic acids is 1. The van der Waals surface area contributed by atoms with Crippen molar-refractivity contribution in [3.8, 4) is 11.5 Å². The van der Waals surface area contributed by atoms with Gasteiger partial charge in [0, 0.05) is 12.2 Å². The summed E-state index contributed by atoms with van der Waals surface area (Å²) in [7, 11) is 3.19. The van der Waals surface area contributed by atoms with Gasteiger partial charge in [-0.15, -0.1) is 0 Å². The van der Waals surface area contributed by atoms with Crippen LogP contribution in [0.2, 0.25) is 0 Å². The number of amides is 1. The number of rotatable bonds is 6. The van der Waals surface area contributed by atoms with Crippen molar-refractivity contribution in [3.05, 3.63) is 53.1 Å². The van der Waals surface area contributed by atoms with E-state index in [1.54, 1.807) is 14.2 Å². The predicted octanol–water partition coefficient (Wildman–Crippen LogP) is 3.92. The smallest absolute Gasteiger partial charge is 0.231 e. The highest BCUT2D eigenvalue weighted by molar-refractivity contribution is 5.95. The Morgan fingerprint density at radius 1 is 1.00 bits per heavy atom. The van der Waals surface area contributed by atoms with Gasteiger partial charge in [-0.2, -0.15) is 0 Å². The summed E-state index contributed by atoms with van der Waals surface area (Å²) in [5, 5.41) is 0. The van der Waals surface area contributed by atoms with E-state index in [1.165, 1.54) is 0 Å². The number of hydrogen-bond acceptors (Lipinski definition) is 3. The van der Waals surface area contributed by atoms with Gasteiger partial charge in [0.2, 0.25) is 5.91 Å². The van der Waals surface area contributed by atoms with Crippen molar-refractivity contribution in [2.75, 3.05) is 25.7 Å². The average Bonchev–Trinajstić information content (AvgIpc) is 2.58. The molecule has 0 unspecified atom stereocenters. The molecule has 0 N–H and O–H groups in total. The molecule has 2 rings (SSSR count). The van der Waals surface area contributed by atoms with Crippen molar-refractivity contribution in [2.24, 2.45) is 0 Å². The van der Waals surface area contributed by atoms with Crippen molar-refractivity contribution >= 4 is 11.6 Å². The SMILES string of the molecule is CCN(C(=O)Cc1ccc(OC)c(OC)c1)c1cc(C)ccc1C. The summed E-state index contributed by atoms with van der Waals surface area (Å²) in [5.41, 5.74) is 4.13. The molecule has 0 saturated carbocycles. The minimum absolute atomic E-state index is 0.0680. The fraction of sp³-hybridized carbons (Fsp3) is 0.350. The molecule has 2 aromatic rings. The molecule has 0 saturated heterocycles. The number of anilines is 1. The normalized spacial score (nSPS) is 10.4. The summed E-state index contributed by atoms with van der Waals surface area (Å²) in [6.45, 7) is 6.70. The van der Waals surface area contributed by atoms with Gasteiger partial charge >= 0.3 is 0 Å². The van der Waals surface area contributed by atoms with Gasteiger partial charge in [0.05, 0.1) is 20.6 Å². The fourth-order valence-electron chi connectivity index (χ4n) is 2.75. The van der Waals surface area contributed by atoms with Crippen molar-refractivity contribution in [3.63, 3.8) is 0 Å². The molecule has 0 heterocycles. The molecule has 0 spiro atoms. The third-order valence-corrected chi connectivity index (χ3v) is 4.08. The second kappa shape index (κ2) is 7.86. The second-order valence-corrected chi connectivity index (χ2v) is 5.79. The zero-order valence-electron chi connectivity index (χ0n) is 15.1. The van der Waals surface area contributed by atoms with E-state index in [-0.39, 0.29) is 5.91 Å². The first-order chi connectivity index (χ1) is 11.5. The molecule has 0 aromatic heterocycles. The molecular formula is C20H25NO3. The van der Waals surface area contributed by atoms with Gasteiger partial charge in [-0.05, 0) is 55.7 Å². The Kier molecular flexibility index (Phi) is 5.85. The molecule has 0 radical (unpaired) electrons. The molecule has 2 aromatic carbocycles. The Balaban J connectivity index is 2.25. The van der Waals surface area contributed by atoms with E-state index < -0.39 is 0 Å². The van der Waals surface area contributed by atoms with Crippen LogP contribution < -0.4 is 14.4 Å². The van der Waals surface area contributed by atoms with E-state index in [2.05, 4.69) is 18.2 Å². The minimum Gasteiger partial charge on any atom is -0.493 e. The van der Waals surface area contributed by atoms with Gasteiger partial charge in [0.15, 0.2) is 11.5 Å². The number of aryl methyl sites for hydroxylation is 2. The van der Waals surface area contributed by atoms with Crippen LogP contribution >= 0.6 is 0 Å². The van der Waals surface area contributed by atoms with E-state index in [4.69, 9.17) is 9.47 Å². The van der Waals surface area contributed by atoms with Crippen LogP contribution in [0.5, 0.6) is 11.5 Å². The number of likely N-dealkylation sites (N-methyl/N-ethyl adjacent to an activating group) is 1. The molecule has 4 nitrogen and oxygen atoms in total. The summed E-state index contributed by atoms with van der Waals surface area (Å²) in [6, 6.07) is 11.8. The fourth-order valence-corrected chi connectivity index (χ4v) is 2.75. The van der Waals surface area contributed by atoms with E-state index in [0.29, 0.717) is 24.5 Å². The van der Waals surface area contributed by atoms with Crippen molar-refractivity contribution in [1.82, 2.24) is 0 Å². The Morgan fingerprint density at radius 2 is 1.71 bits per heavy atom. The molecule has 1 amide bonds. The number of benzene rings is 2. The second-order valence-electron chi connectivity index (χ2n) is 5.79. The number of nitrogens with zero attached hydrogens (tertiary/aromatic N) is 1. The quantitative estimate of drug-likeness (QED) is 0.807. The molecule has 0 aliphatic carbocycles. The van der Waals surface area contributed by atoms with Gasteiger partial charge in [-0.1, -0.05) is 18.2 Å². The maximum absolute atomic E-state index is 12.8. The predicted molar refractivity (Wildman–Crippen MR) is 97.2 cm³/mol. The van der Waals surface area contributed by atoms with Gasteiger partial charge < -0.3 is 14.4 Å². The topological polar surface area (TPSA) is 38.8 Å². The zero-order chi connectivity index (χ0) is 17.7.